The molecule has 2 nitrogen and oxygen atoms in total. The standard InChI is InChI=1S/C11H15BrN2/c1-9-7-10(4-5-13-9)14-6-2-3-11(14)8-12/h4-5,7,11H,2-3,6,8H2,1H3. The molecule has 1 fully saturated rings. The molecule has 3 heteroatoms. The van der Waals surface area contributed by atoms with Crippen molar-refractivity contribution in [1.82, 2.24) is 4.98 Å². The van der Waals surface area contributed by atoms with Crippen LogP contribution in [-0.4, -0.2) is 22.9 Å². The Balaban J connectivity index is 2.21. The summed E-state index contributed by atoms with van der Waals surface area (Å²) in [6, 6.07) is 4.94. The molecular weight excluding hydrogens is 240 g/mol. The molecule has 1 aliphatic rings. The first-order valence-electron chi connectivity index (χ1n) is 5.06. The Hall–Kier alpha value is -0.570. The lowest BCUT2D eigenvalue weighted by Gasteiger charge is -2.25. The molecule has 0 aliphatic carbocycles. The van der Waals surface area contributed by atoms with E-state index in [0.717, 1.165) is 11.0 Å². The quantitative estimate of drug-likeness (QED) is 0.755. The molecule has 0 amide bonds. The highest BCUT2D eigenvalue weighted by Gasteiger charge is 2.23. The molecular formula is C11H15BrN2. The lowest BCUT2D eigenvalue weighted by molar-refractivity contribution is 0.749. The maximum atomic E-state index is 4.22. The predicted octanol–water partition coefficient (Wildman–Crippen LogP) is 2.75. The molecule has 2 rings (SSSR count). The monoisotopic (exact) mass is 254 g/mol. The van der Waals surface area contributed by atoms with Gasteiger partial charge in [-0.3, -0.25) is 4.98 Å². The Morgan fingerprint density at radius 2 is 2.50 bits per heavy atom. The summed E-state index contributed by atoms with van der Waals surface area (Å²) in [6.07, 6.45) is 4.50. The summed E-state index contributed by atoms with van der Waals surface area (Å²) < 4.78 is 0. The molecule has 0 saturated carbocycles. The molecule has 0 N–H and O–H groups in total. The molecule has 0 aromatic carbocycles. The van der Waals surface area contributed by atoms with Crippen molar-refractivity contribution in [3.05, 3.63) is 24.0 Å². The van der Waals surface area contributed by atoms with E-state index < -0.39 is 0 Å². The van der Waals surface area contributed by atoms with Gasteiger partial charge in [-0.15, -0.1) is 0 Å². The fourth-order valence-corrected chi connectivity index (χ4v) is 2.72. The smallest absolute Gasteiger partial charge is 0.0402 e. The molecule has 0 spiro atoms. The summed E-state index contributed by atoms with van der Waals surface area (Å²) in [5.74, 6) is 0. The second-order valence-corrected chi connectivity index (χ2v) is 4.45. The zero-order valence-electron chi connectivity index (χ0n) is 8.41. The first kappa shape index (κ1) is 9.97. The summed E-state index contributed by atoms with van der Waals surface area (Å²) >= 11 is 3.58. The van der Waals surface area contributed by atoms with Crippen LogP contribution in [0.1, 0.15) is 18.5 Å². The van der Waals surface area contributed by atoms with Gasteiger partial charge in [0.1, 0.15) is 0 Å². The molecule has 1 unspecified atom stereocenters. The lowest BCUT2D eigenvalue weighted by atomic mass is 10.2. The van der Waals surface area contributed by atoms with Crippen molar-refractivity contribution in [3.8, 4) is 0 Å². The summed E-state index contributed by atoms with van der Waals surface area (Å²) in [6.45, 7) is 3.22. The zero-order chi connectivity index (χ0) is 9.97. The molecule has 14 heavy (non-hydrogen) atoms. The van der Waals surface area contributed by atoms with Crippen molar-refractivity contribution in [2.45, 2.75) is 25.8 Å². The van der Waals surface area contributed by atoms with Crippen molar-refractivity contribution in [2.24, 2.45) is 0 Å². The first-order valence-corrected chi connectivity index (χ1v) is 6.18. The largest absolute Gasteiger partial charge is 0.368 e. The third-order valence-electron chi connectivity index (χ3n) is 2.77. The van der Waals surface area contributed by atoms with Gasteiger partial charge in [0.2, 0.25) is 0 Å². The fourth-order valence-electron chi connectivity index (χ4n) is 2.05. The summed E-state index contributed by atoms with van der Waals surface area (Å²) in [4.78, 5) is 6.70. The van der Waals surface area contributed by atoms with Crippen LogP contribution in [0.3, 0.4) is 0 Å². The minimum Gasteiger partial charge on any atom is -0.368 e. The van der Waals surface area contributed by atoms with Crippen LogP contribution in [0.5, 0.6) is 0 Å². The van der Waals surface area contributed by atoms with Crippen LogP contribution in [0, 0.1) is 6.92 Å². The van der Waals surface area contributed by atoms with E-state index in [4.69, 9.17) is 0 Å². The van der Waals surface area contributed by atoms with Crippen LogP contribution in [0.4, 0.5) is 5.69 Å². The van der Waals surface area contributed by atoms with Gasteiger partial charge in [0.05, 0.1) is 0 Å². The van der Waals surface area contributed by atoms with E-state index in [0.29, 0.717) is 6.04 Å². The van der Waals surface area contributed by atoms with Gasteiger partial charge >= 0.3 is 0 Å². The molecule has 1 aromatic heterocycles. The number of hydrogen-bond donors (Lipinski definition) is 0. The van der Waals surface area contributed by atoms with Gasteiger partial charge in [-0.05, 0) is 31.9 Å². The number of aromatic nitrogens is 1. The van der Waals surface area contributed by atoms with Crippen LogP contribution in [0.25, 0.3) is 0 Å². The molecule has 0 radical (unpaired) electrons. The van der Waals surface area contributed by atoms with Crippen LogP contribution < -0.4 is 4.90 Å². The normalized spacial score (nSPS) is 21.6. The average Bonchev–Trinajstić information content (AvgIpc) is 2.65. The van der Waals surface area contributed by atoms with Crippen molar-refractivity contribution in [1.29, 1.82) is 0 Å². The molecule has 76 valence electrons. The third kappa shape index (κ3) is 1.92. The van der Waals surface area contributed by atoms with Gasteiger partial charge in [0, 0.05) is 35.5 Å². The third-order valence-corrected chi connectivity index (χ3v) is 3.51. The molecule has 0 bridgehead atoms. The van der Waals surface area contributed by atoms with E-state index in [-0.39, 0.29) is 0 Å². The molecule has 1 aromatic rings. The maximum absolute atomic E-state index is 4.22. The van der Waals surface area contributed by atoms with E-state index in [9.17, 15) is 0 Å². The highest BCUT2D eigenvalue weighted by molar-refractivity contribution is 9.09. The summed E-state index contributed by atoms with van der Waals surface area (Å²) in [5.41, 5.74) is 2.42. The number of pyridine rings is 1. The molecule has 1 saturated heterocycles. The van der Waals surface area contributed by atoms with E-state index in [1.54, 1.807) is 0 Å². The summed E-state index contributed by atoms with van der Waals surface area (Å²) in [5, 5.41) is 1.06. The predicted molar refractivity (Wildman–Crippen MR) is 63.1 cm³/mol. The summed E-state index contributed by atoms with van der Waals surface area (Å²) in [7, 11) is 0. The number of anilines is 1. The highest BCUT2D eigenvalue weighted by Crippen LogP contribution is 2.26. The average molecular weight is 255 g/mol. The topological polar surface area (TPSA) is 16.1 Å². The van der Waals surface area contributed by atoms with Crippen molar-refractivity contribution < 1.29 is 0 Å². The van der Waals surface area contributed by atoms with Gasteiger partial charge in [0.25, 0.3) is 0 Å². The van der Waals surface area contributed by atoms with Gasteiger partial charge < -0.3 is 4.90 Å². The van der Waals surface area contributed by atoms with E-state index in [1.165, 1.54) is 25.1 Å². The number of nitrogens with zero attached hydrogens (tertiary/aromatic N) is 2. The minimum absolute atomic E-state index is 0.664. The molecule has 2 heterocycles. The Morgan fingerprint density at radius 3 is 3.21 bits per heavy atom. The first-order chi connectivity index (χ1) is 6.81. The maximum Gasteiger partial charge on any atom is 0.0402 e. The van der Waals surface area contributed by atoms with E-state index in [1.807, 2.05) is 13.1 Å². The highest BCUT2D eigenvalue weighted by atomic mass is 79.9. The number of aryl methyl sites for hydroxylation is 1. The molecule has 1 atom stereocenters. The van der Waals surface area contributed by atoms with E-state index in [2.05, 4.69) is 37.9 Å². The van der Waals surface area contributed by atoms with Crippen LogP contribution in [-0.2, 0) is 0 Å². The number of halogens is 1. The number of alkyl halides is 1. The van der Waals surface area contributed by atoms with Gasteiger partial charge in [-0.1, -0.05) is 15.9 Å². The van der Waals surface area contributed by atoms with Gasteiger partial charge in [-0.25, -0.2) is 0 Å². The second-order valence-electron chi connectivity index (χ2n) is 3.80. The van der Waals surface area contributed by atoms with Gasteiger partial charge in [-0.2, -0.15) is 0 Å². The van der Waals surface area contributed by atoms with Crippen LogP contribution in [0.2, 0.25) is 0 Å². The number of hydrogen-bond acceptors (Lipinski definition) is 2. The lowest BCUT2D eigenvalue weighted by Crippen LogP contribution is -2.30. The minimum atomic E-state index is 0.664. The van der Waals surface area contributed by atoms with Crippen molar-refractivity contribution in [2.75, 3.05) is 16.8 Å². The fraction of sp³-hybridized carbons (Fsp3) is 0.545. The second kappa shape index (κ2) is 4.30. The van der Waals surface area contributed by atoms with Crippen molar-refractivity contribution >= 4 is 21.6 Å². The Bertz CT molecular complexity index is 314. The van der Waals surface area contributed by atoms with E-state index >= 15 is 0 Å². The molecule has 1 aliphatic heterocycles. The SMILES string of the molecule is Cc1cc(N2CCCC2CBr)ccn1. The Kier molecular flexibility index (Phi) is 3.06. The van der Waals surface area contributed by atoms with Crippen molar-refractivity contribution in [3.63, 3.8) is 0 Å². The number of rotatable bonds is 2. The Morgan fingerprint density at radius 1 is 1.64 bits per heavy atom. The zero-order valence-corrected chi connectivity index (χ0v) is 10.00. The Labute approximate surface area is 93.5 Å². The van der Waals surface area contributed by atoms with Crippen LogP contribution >= 0.6 is 15.9 Å². The van der Waals surface area contributed by atoms with Crippen LogP contribution in [0.15, 0.2) is 18.3 Å². The van der Waals surface area contributed by atoms with Gasteiger partial charge in [0.15, 0.2) is 0 Å².